The topological polar surface area (TPSA) is 55.6 Å². The van der Waals surface area contributed by atoms with Crippen molar-refractivity contribution >= 4 is 5.91 Å². The molecule has 0 radical (unpaired) electrons. The first-order chi connectivity index (χ1) is 15.2. The van der Waals surface area contributed by atoms with E-state index in [-0.39, 0.29) is 11.8 Å². The molecule has 4 nitrogen and oxygen atoms in total. The van der Waals surface area contributed by atoms with Gasteiger partial charge < -0.3 is 15.4 Å². The molecule has 0 aliphatic carbocycles. The van der Waals surface area contributed by atoms with Gasteiger partial charge in [0.15, 0.2) is 0 Å². The van der Waals surface area contributed by atoms with Crippen LogP contribution in [0.3, 0.4) is 0 Å². The molecular weight excluding hydrogens is 384 g/mol. The maximum Gasteiger partial charge on any atom is 0.232 e. The number of nitrogens with zero attached hydrogens (tertiary/aromatic N) is 1. The van der Waals surface area contributed by atoms with Gasteiger partial charge in [0.05, 0.1) is 6.61 Å². The van der Waals surface area contributed by atoms with Crippen LogP contribution in [0.1, 0.15) is 24.0 Å². The van der Waals surface area contributed by atoms with Crippen LogP contribution in [-0.4, -0.2) is 37.0 Å². The Hall–Kier alpha value is -3.11. The molecule has 1 fully saturated rings. The van der Waals surface area contributed by atoms with E-state index in [2.05, 4.69) is 4.90 Å². The van der Waals surface area contributed by atoms with Gasteiger partial charge >= 0.3 is 0 Å². The van der Waals surface area contributed by atoms with Crippen LogP contribution >= 0.6 is 0 Å². The summed E-state index contributed by atoms with van der Waals surface area (Å²) in [5.41, 5.74) is 7.31. The van der Waals surface area contributed by atoms with Gasteiger partial charge in [-0.2, -0.15) is 0 Å². The SMILES string of the molecule is NC(=O)C(c1ccccc1)(c1ccccc1)[C@@H]1CCN(CCCOc2ccccc2)C1. The number of ether oxygens (including phenoxy) is 1. The van der Waals surface area contributed by atoms with E-state index in [4.69, 9.17) is 10.5 Å². The molecule has 3 aromatic carbocycles. The highest BCUT2D eigenvalue weighted by Gasteiger charge is 2.49. The fourth-order valence-electron chi connectivity index (χ4n) is 4.91. The number of primary amides is 1. The van der Waals surface area contributed by atoms with Crippen molar-refractivity contribution < 1.29 is 9.53 Å². The monoisotopic (exact) mass is 414 g/mol. The molecule has 0 unspecified atom stereocenters. The van der Waals surface area contributed by atoms with Crippen LogP contribution in [0.5, 0.6) is 5.75 Å². The number of amides is 1. The van der Waals surface area contributed by atoms with Gasteiger partial charge in [-0.1, -0.05) is 78.9 Å². The van der Waals surface area contributed by atoms with Gasteiger partial charge in [0.2, 0.25) is 5.91 Å². The van der Waals surface area contributed by atoms with E-state index >= 15 is 0 Å². The van der Waals surface area contributed by atoms with Crippen molar-refractivity contribution in [1.29, 1.82) is 0 Å². The van der Waals surface area contributed by atoms with Gasteiger partial charge in [0.1, 0.15) is 11.2 Å². The maximum absolute atomic E-state index is 13.1. The molecule has 4 rings (SSSR count). The molecule has 1 aliphatic heterocycles. The molecule has 31 heavy (non-hydrogen) atoms. The third-order valence-corrected chi connectivity index (χ3v) is 6.36. The summed E-state index contributed by atoms with van der Waals surface area (Å²) in [5, 5.41) is 0. The summed E-state index contributed by atoms with van der Waals surface area (Å²) in [6, 6.07) is 30.0. The number of likely N-dealkylation sites (tertiary alicyclic amines) is 1. The van der Waals surface area contributed by atoms with Crippen LogP contribution in [0.2, 0.25) is 0 Å². The lowest BCUT2D eigenvalue weighted by atomic mass is 9.64. The van der Waals surface area contributed by atoms with Crippen molar-refractivity contribution in [3.05, 3.63) is 102 Å². The average molecular weight is 415 g/mol. The first-order valence-electron chi connectivity index (χ1n) is 11.0. The molecule has 1 atom stereocenters. The Balaban J connectivity index is 1.49. The molecule has 160 valence electrons. The Labute approximate surface area is 184 Å². The first-order valence-corrected chi connectivity index (χ1v) is 11.0. The molecule has 0 bridgehead atoms. The third-order valence-electron chi connectivity index (χ3n) is 6.36. The molecule has 3 aromatic rings. The highest BCUT2D eigenvalue weighted by molar-refractivity contribution is 5.91. The third kappa shape index (κ3) is 4.49. The van der Waals surface area contributed by atoms with E-state index in [1.165, 1.54) is 0 Å². The average Bonchev–Trinajstić information content (AvgIpc) is 3.28. The molecule has 1 heterocycles. The number of hydrogen-bond donors (Lipinski definition) is 1. The van der Waals surface area contributed by atoms with Crippen molar-refractivity contribution in [2.75, 3.05) is 26.2 Å². The molecule has 0 aromatic heterocycles. The summed E-state index contributed by atoms with van der Waals surface area (Å²) in [7, 11) is 0. The zero-order valence-electron chi connectivity index (χ0n) is 17.8. The van der Waals surface area contributed by atoms with Gasteiger partial charge in [0.25, 0.3) is 0 Å². The van der Waals surface area contributed by atoms with Crippen LogP contribution in [0.25, 0.3) is 0 Å². The van der Waals surface area contributed by atoms with E-state index in [9.17, 15) is 4.79 Å². The van der Waals surface area contributed by atoms with Gasteiger partial charge in [-0.15, -0.1) is 0 Å². The smallest absolute Gasteiger partial charge is 0.232 e. The summed E-state index contributed by atoms with van der Waals surface area (Å²) < 4.78 is 5.84. The van der Waals surface area contributed by atoms with Crippen molar-refractivity contribution in [2.24, 2.45) is 11.7 Å². The van der Waals surface area contributed by atoms with E-state index in [1.54, 1.807) is 0 Å². The molecule has 0 saturated carbocycles. The number of carbonyl (C=O) groups excluding carboxylic acids is 1. The largest absolute Gasteiger partial charge is 0.494 e. The molecule has 1 amide bonds. The number of para-hydroxylation sites is 1. The van der Waals surface area contributed by atoms with E-state index in [1.807, 2.05) is 91.0 Å². The van der Waals surface area contributed by atoms with Crippen molar-refractivity contribution in [2.45, 2.75) is 18.3 Å². The first kappa shape index (κ1) is 21.1. The highest BCUT2D eigenvalue weighted by Crippen LogP contribution is 2.43. The lowest BCUT2D eigenvalue weighted by molar-refractivity contribution is -0.123. The van der Waals surface area contributed by atoms with Crippen LogP contribution < -0.4 is 10.5 Å². The predicted molar refractivity (Wildman–Crippen MR) is 124 cm³/mol. The minimum absolute atomic E-state index is 0.129. The van der Waals surface area contributed by atoms with Gasteiger partial charge in [-0.25, -0.2) is 0 Å². The van der Waals surface area contributed by atoms with E-state index in [0.29, 0.717) is 6.61 Å². The zero-order chi connectivity index (χ0) is 21.5. The summed E-state index contributed by atoms with van der Waals surface area (Å²) >= 11 is 0. The minimum atomic E-state index is -0.822. The van der Waals surface area contributed by atoms with Crippen LogP contribution in [0.15, 0.2) is 91.0 Å². The number of benzene rings is 3. The molecule has 4 heteroatoms. The number of nitrogens with two attached hydrogens (primary N) is 1. The Morgan fingerprint density at radius 2 is 1.45 bits per heavy atom. The Morgan fingerprint density at radius 3 is 2.00 bits per heavy atom. The fraction of sp³-hybridized carbons (Fsp3) is 0.296. The van der Waals surface area contributed by atoms with E-state index < -0.39 is 5.41 Å². The summed E-state index contributed by atoms with van der Waals surface area (Å²) in [6.45, 7) is 3.44. The van der Waals surface area contributed by atoms with Gasteiger partial charge in [-0.05, 0) is 48.6 Å². The van der Waals surface area contributed by atoms with Crippen LogP contribution in [0, 0.1) is 5.92 Å². The van der Waals surface area contributed by atoms with Crippen LogP contribution in [-0.2, 0) is 10.2 Å². The van der Waals surface area contributed by atoms with E-state index in [0.717, 1.165) is 49.4 Å². The molecule has 1 saturated heterocycles. The van der Waals surface area contributed by atoms with Crippen molar-refractivity contribution in [3.8, 4) is 5.75 Å². The Kier molecular flexibility index (Phi) is 6.68. The molecule has 1 aliphatic rings. The zero-order valence-corrected chi connectivity index (χ0v) is 17.8. The number of carbonyl (C=O) groups is 1. The number of hydrogen-bond acceptors (Lipinski definition) is 3. The second-order valence-electron chi connectivity index (χ2n) is 8.21. The number of rotatable bonds is 9. The maximum atomic E-state index is 13.1. The second kappa shape index (κ2) is 9.80. The standard InChI is InChI=1S/C27H30N2O2/c28-26(30)27(22-11-4-1-5-12-22,23-13-6-2-7-14-23)24-17-19-29(21-24)18-10-20-31-25-15-8-3-9-16-25/h1-9,11-16,24H,10,17-21H2,(H2,28,30)/t24-/m1/s1. The minimum Gasteiger partial charge on any atom is -0.494 e. The summed E-state index contributed by atoms with van der Waals surface area (Å²) in [6.07, 6.45) is 1.88. The van der Waals surface area contributed by atoms with Gasteiger partial charge in [-0.3, -0.25) is 4.79 Å². The lowest BCUT2D eigenvalue weighted by Gasteiger charge is -2.37. The van der Waals surface area contributed by atoms with Gasteiger partial charge in [0, 0.05) is 13.1 Å². The Morgan fingerprint density at radius 1 is 0.903 bits per heavy atom. The van der Waals surface area contributed by atoms with Crippen molar-refractivity contribution in [3.63, 3.8) is 0 Å². The normalized spacial score (nSPS) is 16.8. The second-order valence-corrected chi connectivity index (χ2v) is 8.21. The predicted octanol–water partition coefficient (Wildman–Crippen LogP) is 4.25. The lowest BCUT2D eigenvalue weighted by Crippen LogP contribution is -2.49. The van der Waals surface area contributed by atoms with Crippen LogP contribution in [0.4, 0.5) is 0 Å². The molecular formula is C27H30N2O2. The highest BCUT2D eigenvalue weighted by atomic mass is 16.5. The summed E-state index contributed by atoms with van der Waals surface area (Å²) in [4.78, 5) is 15.6. The quantitative estimate of drug-likeness (QED) is 0.533. The summed E-state index contributed by atoms with van der Waals surface area (Å²) in [5.74, 6) is 0.761. The molecule has 2 N–H and O–H groups in total. The molecule has 0 spiro atoms. The Bertz CT molecular complexity index is 921. The van der Waals surface area contributed by atoms with Crippen molar-refractivity contribution in [1.82, 2.24) is 4.90 Å². The fourth-order valence-corrected chi connectivity index (χ4v) is 4.91.